The predicted molar refractivity (Wildman–Crippen MR) is 86.7 cm³/mol. The second-order valence-electron chi connectivity index (χ2n) is 6.14. The molecule has 0 saturated carbocycles. The van der Waals surface area contributed by atoms with Crippen LogP contribution in [-0.2, 0) is 12.8 Å². The van der Waals surface area contributed by atoms with Crippen molar-refractivity contribution in [3.8, 4) is 0 Å². The first-order chi connectivity index (χ1) is 9.98. The summed E-state index contributed by atoms with van der Waals surface area (Å²) >= 11 is 0. The van der Waals surface area contributed by atoms with Crippen molar-refractivity contribution in [1.82, 2.24) is 0 Å². The molecule has 2 rings (SSSR count). The van der Waals surface area contributed by atoms with Gasteiger partial charge < -0.3 is 5.11 Å². The number of aromatic carboxylic acids is 1. The number of carboxylic acid groups (broad SMARTS) is 1. The number of rotatable bonds is 5. The molecule has 0 amide bonds. The summed E-state index contributed by atoms with van der Waals surface area (Å²) in [6, 6.07) is 5.65. The lowest BCUT2D eigenvalue weighted by Gasteiger charge is -2.32. The Morgan fingerprint density at radius 2 is 2.14 bits per heavy atom. The van der Waals surface area contributed by atoms with Gasteiger partial charge in [0, 0.05) is 0 Å². The molecule has 1 aliphatic rings. The van der Waals surface area contributed by atoms with Crippen molar-refractivity contribution in [1.29, 1.82) is 0 Å². The fourth-order valence-electron chi connectivity index (χ4n) is 3.10. The summed E-state index contributed by atoms with van der Waals surface area (Å²) in [4.78, 5) is 11.3. The smallest absolute Gasteiger partial charge is 0.335 e. The van der Waals surface area contributed by atoms with Crippen LogP contribution in [0.1, 0.15) is 55.1 Å². The molecule has 1 unspecified atom stereocenters. The summed E-state index contributed by atoms with van der Waals surface area (Å²) < 4.78 is 0. The van der Waals surface area contributed by atoms with Crippen LogP contribution in [0.15, 0.2) is 42.0 Å². The highest BCUT2D eigenvalue weighted by Crippen LogP contribution is 2.38. The summed E-state index contributed by atoms with van der Waals surface area (Å²) in [7, 11) is 0. The molecule has 0 saturated heterocycles. The minimum Gasteiger partial charge on any atom is -0.478 e. The van der Waals surface area contributed by atoms with Gasteiger partial charge in [0.15, 0.2) is 0 Å². The average molecular weight is 284 g/mol. The third-order valence-electron chi connectivity index (χ3n) is 4.81. The molecule has 1 aliphatic carbocycles. The predicted octanol–water partition coefficient (Wildman–Crippen LogP) is 4.79. The quantitative estimate of drug-likeness (QED) is 0.844. The van der Waals surface area contributed by atoms with E-state index in [0.29, 0.717) is 5.56 Å². The topological polar surface area (TPSA) is 37.3 Å². The van der Waals surface area contributed by atoms with Gasteiger partial charge in [0.05, 0.1) is 5.56 Å². The van der Waals surface area contributed by atoms with Crippen LogP contribution in [-0.4, -0.2) is 11.1 Å². The van der Waals surface area contributed by atoms with Crippen LogP contribution < -0.4 is 0 Å². The van der Waals surface area contributed by atoms with Gasteiger partial charge in [-0.25, -0.2) is 4.79 Å². The summed E-state index contributed by atoms with van der Waals surface area (Å²) in [6.07, 6.45) is 10.4. The Bertz CT molecular complexity index is 596. The lowest BCUT2D eigenvalue weighted by Crippen LogP contribution is -2.20. The fraction of sp³-hybridized carbons (Fsp3) is 0.421. The molecule has 21 heavy (non-hydrogen) atoms. The molecule has 0 bridgehead atoms. The first-order valence-corrected chi connectivity index (χ1v) is 7.66. The molecule has 112 valence electrons. The molecule has 0 spiro atoms. The third-order valence-corrected chi connectivity index (χ3v) is 4.81. The van der Waals surface area contributed by atoms with E-state index in [9.17, 15) is 9.90 Å². The van der Waals surface area contributed by atoms with Crippen molar-refractivity contribution in [2.45, 2.75) is 46.5 Å². The molecule has 0 fully saturated rings. The molecular weight excluding hydrogens is 260 g/mol. The Morgan fingerprint density at radius 1 is 1.38 bits per heavy atom. The van der Waals surface area contributed by atoms with Crippen molar-refractivity contribution in [2.24, 2.45) is 5.41 Å². The van der Waals surface area contributed by atoms with Crippen LogP contribution in [0, 0.1) is 5.41 Å². The first-order valence-electron chi connectivity index (χ1n) is 7.66. The number of hydrogen-bond donors (Lipinski definition) is 1. The van der Waals surface area contributed by atoms with Crippen LogP contribution in [0.4, 0.5) is 0 Å². The number of carbonyl (C=O) groups is 1. The second-order valence-corrected chi connectivity index (χ2v) is 6.14. The minimum absolute atomic E-state index is 0.193. The summed E-state index contributed by atoms with van der Waals surface area (Å²) in [5, 5.41) is 9.31. The fourth-order valence-corrected chi connectivity index (χ4v) is 3.10. The second kappa shape index (κ2) is 6.30. The van der Waals surface area contributed by atoms with Gasteiger partial charge in [-0.2, -0.15) is 0 Å². The van der Waals surface area contributed by atoms with E-state index in [1.54, 1.807) is 6.07 Å². The van der Waals surface area contributed by atoms with E-state index in [2.05, 4.69) is 38.1 Å². The van der Waals surface area contributed by atoms with Crippen molar-refractivity contribution in [2.75, 3.05) is 0 Å². The Morgan fingerprint density at radius 3 is 2.76 bits per heavy atom. The Kier molecular flexibility index (Phi) is 4.66. The number of allylic oxidation sites excluding steroid dienone is 4. The maximum atomic E-state index is 11.3. The summed E-state index contributed by atoms with van der Waals surface area (Å²) in [5.41, 5.74) is 4.23. The molecule has 0 aliphatic heterocycles. The zero-order chi connectivity index (χ0) is 15.5. The maximum Gasteiger partial charge on any atom is 0.335 e. The molecule has 0 heterocycles. The number of hydrogen-bond acceptors (Lipinski definition) is 1. The molecular formula is C19H24O2. The van der Waals surface area contributed by atoms with E-state index in [4.69, 9.17) is 0 Å². The zero-order valence-electron chi connectivity index (χ0n) is 13.1. The number of aryl methyl sites for hydroxylation is 1. The largest absolute Gasteiger partial charge is 0.478 e. The summed E-state index contributed by atoms with van der Waals surface area (Å²) in [5.74, 6) is -0.823. The van der Waals surface area contributed by atoms with Crippen molar-refractivity contribution < 1.29 is 9.90 Å². The van der Waals surface area contributed by atoms with Gasteiger partial charge in [-0.1, -0.05) is 49.8 Å². The Labute approximate surface area is 127 Å². The lowest BCUT2D eigenvalue weighted by atomic mass is 9.73. The van der Waals surface area contributed by atoms with Gasteiger partial charge in [-0.3, -0.25) is 0 Å². The molecule has 1 atom stereocenters. The number of benzene rings is 1. The Balaban J connectivity index is 2.21. The highest BCUT2D eigenvalue weighted by atomic mass is 16.4. The number of carboxylic acids is 1. The molecule has 2 heteroatoms. The van der Waals surface area contributed by atoms with Crippen LogP contribution in [0.3, 0.4) is 0 Å². The molecule has 1 aromatic carbocycles. The monoisotopic (exact) mass is 284 g/mol. The molecule has 1 aromatic rings. The Hall–Kier alpha value is -1.83. The van der Waals surface area contributed by atoms with Crippen LogP contribution >= 0.6 is 0 Å². The van der Waals surface area contributed by atoms with Crippen molar-refractivity contribution in [3.63, 3.8) is 0 Å². The van der Waals surface area contributed by atoms with Crippen molar-refractivity contribution >= 4 is 5.97 Å². The normalized spacial score (nSPS) is 21.2. The lowest BCUT2D eigenvalue weighted by molar-refractivity contribution is 0.0695. The van der Waals surface area contributed by atoms with Crippen molar-refractivity contribution in [3.05, 3.63) is 58.7 Å². The van der Waals surface area contributed by atoms with E-state index in [-0.39, 0.29) is 5.41 Å². The summed E-state index contributed by atoms with van der Waals surface area (Å²) in [6.45, 7) is 6.52. The highest BCUT2D eigenvalue weighted by molar-refractivity contribution is 5.89. The average Bonchev–Trinajstić information content (AvgIpc) is 2.48. The van der Waals surface area contributed by atoms with Gasteiger partial charge in [0.1, 0.15) is 0 Å². The van der Waals surface area contributed by atoms with Crippen LogP contribution in [0.25, 0.3) is 0 Å². The van der Waals surface area contributed by atoms with Crippen LogP contribution in [0.5, 0.6) is 0 Å². The van der Waals surface area contributed by atoms with Gasteiger partial charge in [0.2, 0.25) is 0 Å². The standard InChI is InChI=1S/C19H24O2/c1-4-16-15(9-7-10-17(16)18(20)21)11-13-19(3)12-6-5-8-14(19)2/h5-10H,4,11-13H2,1-3H3,(H,20,21). The first kappa shape index (κ1) is 15.6. The minimum atomic E-state index is -0.823. The zero-order valence-corrected chi connectivity index (χ0v) is 13.1. The third kappa shape index (κ3) is 3.26. The molecule has 0 aromatic heterocycles. The van der Waals surface area contributed by atoms with Gasteiger partial charge in [0.25, 0.3) is 0 Å². The van der Waals surface area contributed by atoms with E-state index in [1.165, 1.54) is 11.1 Å². The SMILES string of the molecule is CCc1c(CCC2(C)CC=CC=C2C)cccc1C(=O)O. The molecule has 0 radical (unpaired) electrons. The van der Waals surface area contributed by atoms with Gasteiger partial charge in [-0.05, 0) is 55.2 Å². The van der Waals surface area contributed by atoms with Crippen LogP contribution in [0.2, 0.25) is 0 Å². The van der Waals surface area contributed by atoms with E-state index in [0.717, 1.165) is 31.2 Å². The maximum absolute atomic E-state index is 11.3. The van der Waals surface area contributed by atoms with E-state index < -0.39 is 5.97 Å². The van der Waals surface area contributed by atoms with Gasteiger partial charge >= 0.3 is 5.97 Å². The van der Waals surface area contributed by atoms with Gasteiger partial charge in [-0.15, -0.1) is 0 Å². The highest BCUT2D eigenvalue weighted by Gasteiger charge is 2.26. The molecule has 1 N–H and O–H groups in total. The van der Waals surface area contributed by atoms with E-state index in [1.807, 2.05) is 13.0 Å². The van der Waals surface area contributed by atoms with E-state index >= 15 is 0 Å². The molecule has 2 nitrogen and oxygen atoms in total.